The van der Waals surface area contributed by atoms with Crippen LogP contribution < -0.4 is 5.73 Å². The van der Waals surface area contributed by atoms with Crippen LogP contribution in [-0.4, -0.2) is 20.2 Å². The first-order chi connectivity index (χ1) is 10.1. The van der Waals surface area contributed by atoms with Crippen LogP contribution in [0.2, 0.25) is 0 Å². The molecule has 6 heteroatoms. The van der Waals surface area contributed by atoms with E-state index in [2.05, 4.69) is 38.4 Å². The summed E-state index contributed by atoms with van der Waals surface area (Å²) in [6.07, 6.45) is 6.07. The zero-order valence-electron chi connectivity index (χ0n) is 12.2. The molecule has 1 aliphatic carbocycles. The third kappa shape index (κ3) is 3.26. The van der Waals surface area contributed by atoms with Crippen molar-refractivity contribution in [2.24, 2.45) is 5.92 Å². The summed E-state index contributed by atoms with van der Waals surface area (Å²) in [5, 5.41) is 12.4. The number of tetrazole rings is 1. The molecule has 0 aliphatic heterocycles. The Balaban J connectivity index is 1.93. The van der Waals surface area contributed by atoms with Crippen molar-refractivity contribution in [2.45, 2.75) is 45.1 Å². The molecule has 0 radical (unpaired) electrons. The van der Waals surface area contributed by atoms with E-state index in [0.29, 0.717) is 11.7 Å². The molecular formula is C15H20BrN5. The van der Waals surface area contributed by atoms with Gasteiger partial charge >= 0.3 is 0 Å². The molecule has 5 nitrogen and oxygen atoms in total. The lowest BCUT2D eigenvalue weighted by atomic mass is 10.0. The Hall–Kier alpha value is -1.43. The van der Waals surface area contributed by atoms with Crippen molar-refractivity contribution >= 4 is 21.6 Å². The van der Waals surface area contributed by atoms with Crippen LogP contribution >= 0.6 is 15.9 Å². The molecule has 2 atom stereocenters. The van der Waals surface area contributed by atoms with E-state index < -0.39 is 0 Å². The highest BCUT2D eigenvalue weighted by atomic mass is 79.9. The fraction of sp³-hybridized carbons (Fsp3) is 0.533. The van der Waals surface area contributed by atoms with Gasteiger partial charge in [-0.05, 0) is 53.8 Å². The summed E-state index contributed by atoms with van der Waals surface area (Å²) in [4.78, 5) is 0. The number of aromatic nitrogens is 4. The van der Waals surface area contributed by atoms with Gasteiger partial charge in [-0.25, -0.2) is 4.68 Å². The van der Waals surface area contributed by atoms with Crippen molar-refractivity contribution in [3.8, 4) is 11.4 Å². The lowest BCUT2D eigenvalue weighted by molar-refractivity contribution is 0.394. The Labute approximate surface area is 133 Å². The highest BCUT2D eigenvalue weighted by Gasteiger charge is 2.22. The second-order valence-corrected chi connectivity index (χ2v) is 6.90. The molecule has 0 amide bonds. The van der Waals surface area contributed by atoms with E-state index in [-0.39, 0.29) is 0 Å². The van der Waals surface area contributed by atoms with Crippen LogP contribution in [0.1, 0.15) is 45.1 Å². The van der Waals surface area contributed by atoms with Gasteiger partial charge < -0.3 is 5.73 Å². The maximum atomic E-state index is 5.93. The fourth-order valence-electron chi connectivity index (χ4n) is 3.08. The molecular weight excluding hydrogens is 330 g/mol. The maximum absolute atomic E-state index is 5.93. The highest BCUT2D eigenvalue weighted by molar-refractivity contribution is 9.10. The van der Waals surface area contributed by atoms with Gasteiger partial charge in [-0.15, -0.1) is 5.10 Å². The Bertz CT molecular complexity index is 604. The largest absolute Gasteiger partial charge is 0.399 e. The molecule has 1 heterocycles. The van der Waals surface area contributed by atoms with E-state index in [0.717, 1.165) is 34.6 Å². The molecule has 1 saturated carbocycles. The van der Waals surface area contributed by atoms with Crippen LogP contribution in [0.15, 0.2) is 22.7 Å². The van der Waals surface area contributed by atoms with E-state index in [1.165, 1.54) is 19.3 Å². The van der Waals surface area contributed by atoms with Gasteiger partial charge in [0.15, 0.2) is 5.82 Å². The molecule has 0 saturated heterocycles. The standard InChI is InChI=1S/C15H20BrN5/c1-10-3-2-4-14(6-5-10)21-15(18-19-20-21)11-7-12(16)9-13(17)8-11/h7-10,14H,2-6,17H2,1H3. The van der Waals surface area contributed by atoms with Crippen LogP contribution in [0.3, 0.4) is 0 Å². The monoisotopic (exact) mass is 349 g/mol. The minimum atomic E-state index is 0.389. The number of halogens is 1. The third-order valence-electron chi connectivity index (χ3n) is 4.24. The van der Waals surface area contributed by atoms with Crippen LogP contribution in [0, 0.1) is 5.92 Å². The Morgan fingerprint density at radius 1 is 1.19 bits per heavy atom. The summed E-state index contributed by atoms with van der Waals surface area (Å²) < 4.78 is 2.93. The summed E-state index contributed by atoms with van der Waals surface area (Å²) >= 11 is 3.48. The zero-order valence-corrected chi connectivity index (χ0v) is 13.8. The molecule has 1 fully saturated rings. The molecule has 2 unspecified atom stereocenters. The van der Waals surface area contributed by atoms with Crippen molar-refractivity contribution in [2.75, 3.05) is 5.73 Å². The van der Waals surface area contributed by atoms with E-state index >= 15 is 0 Å². The van der Waals surface area contributed by atoms with E-state index in [9.17, 15) is 0 Å². The smallest absolute Gasteiger partial charge is 0.182 e. The van der Waals surface area contributed by atoms with Crippen molar-refractivity contribution in [1.82, 2.24) is 20.2 Å². The van der Waals surface area contributed by atoms with Crippen molar-refractivity contribution in [3.63, 3.8) is 0 Å². The van der Waals surface area contributed by atoms with Crippen molar-refractivity contribution in [3.05, 3.63) is 22.7 Å². The van der Waals surface area contributed by atoms with Gasteiger partial charge in [-0.3, -0.25) is 0 Å². The summed E-state index contributed by atoms with van der Waals surface area (Å²) in [5.74, 6) is 1.61. The van der Waals surface area contributed by atoms with Gasteiger partial charge in [-0.2, -0.15) is 0 Å². The number of anilines is 1. The number of hydrogen-bond acceptors (Lipinski definition) is 4. The topological polar surface area (TPSA) is 69.6 Å². The third-order valence-corrected chi connectivity index (χ3v) is 4.70. The lowest BCUT2D eigenvalue weighted by Crippen LogP contribution is -2.12. The first-order valence-corrected chi connectivity index (χ1v) is 8.27. The van der Waals surface area contributed by atoms with Crippen LogP contribution in [0.5, 0.6) is 0 Å². The molecule has 3 rings (SSSR count). The molecule has 0 bridgehead atoms. The second-order valence-electron chi connectivity index (χ2n) is 5.99. The SMILES string of the molecule is CC1CCCC(n2nnnc2-c2cc(N)cc(Br)c2)CC1. The average Bonchev–Trinajstić information content (AvgIpc) is 2.81. The molecule has 1 aliphatic rings. The number of benzene rings is 1. The first-order valence-electron chi connectivity index (χ1n) is 7.48. The van der Waals surface area contributed by atoms with Crippen molar-refractivity contribution < 1.29 is 0 Å². The zero-order chi connectivity index (χ0) is 14.8. The van der Waals surface area contributed by atoms with E-state index in [1.54, 1.807) is 0 Å². The molecule has 2 aromatic rings. The van der Waals surface area contributed by atoms with Gasteiger partial charge in [0.05, 0.1) is 6.04 Å². The minimum absolute atomic E-state index is 0.389. The predicted molar refractivity (Wildman–Crippen MR) is 86.7 cm³/mol. The molecule has 1 aromatic heterocycles. The minimum Gasteiger partial charge on any atom is -0.399 e. The van der Waals surface area contributed by atoms with Crippen LogP contribution in [0.4, 0.5) is 5.69 Å². The second kappa shape index (κ2) is 6.13. The van der Waals surface area contributed by atoms with Gasteiger partial charge in [-0.1, -0.05) is 35.7 Å². The highest BCUT2D eigenvalue weighted by Crippen LogP contribution is 2.33. The fourth-order valence-corrected chi connectivity index (χ4v) is 3.59. The van der Waals surface area contributed by atoms with E-state index in [1.807, 2.05) is 22.9 Å². The predicted octanol–water partition coefficient (Wildman–Crippen LogP) is 3.83. The van der Waals surface area contributed by atoms with Gasteiger partial charge in [0.1, 0.15) is 0 Å². The molecule has 112 valence electrons. The normalized spacial score (nSPS) is 23.0. The molecule has 1 aromatic carbocycles. The van der Waals surface area contributed by atoms with Crippen molar-refractivity contribution in [1.29, 1.82) is 0 Å². The van der Waals surface area contributed by atoms with Crippen LogP contribution in [0.25, 0.3) is 11.4 Å². The number of nitrogen functional groups attached to an aromatic ring is 1. The van der Waals surface area contributed by atoms with Gasteiger partial charge in [0.2, 0.25) is 0 Å². The van der Waals surface area contributed by atoms with Crippen LogP contribution in [-0.2, 0) is 0 Å². The number of rotatable bonds is 2. The quantitative estimate of drug-likeness (QED) is 0.660. The Morgan fingerprint density at radius 3 is 2.86 bits per heavy atom. The Morgan fingerprint density at radius 2 is 2.05 bits per heavy atom. The summed E-state index contributed by atoms with van der Waals surface area (Å²) in [6.45, 7) is 2.33. The average molecular weight is 350 g/mol. The number of hydrogen-bond donors (Lipinski definition) is 1. The molecule has 0 spiro atoms. The number of nitrogens with two attached hydrogens (primary N) is 1. The number of nitrogens with zero attached hydrogens (tertiary/aromatic N) is 4. The Kier molecular flexibility index (Phi) is 4.24. The van der Waals surface area contributed by atoms with E-state index in [4.69, 9.17) is 5.73 Å². The summed E-state index contributed by atoms with van der Waals surface area (Å²) in [6, 6.07) is 6.20. The lowest BCUT2D eigenvalue weighted by Gasteiger charge is -2.16. The first kappa shape index (κ1) is 14.5. The maximum Gasteiger partial charge on any atom is 0.182 e. The van der Waals surface area contributed by atoms with Gasteiger partial charge in [0, 0.05) is 15.7 Å². The van der Waals surface area contributed by atoms with Gasteiger partial charge in [0.25, 0.3) is 0 Å². The summed E-state index contributed by atoms with van der Waals surface area (Å²) in [7, 11) is 0. The molecule has 21 heavy (non-hydrogen) atoms. The molecule has 2 N–H and O–H groups in total. The summed E-state index contributed by atoms with van der Waals surface area (Å²) in [5.41, 5.74) is 7.60.